The van der Waals surface area contributed by atoms with E-state index in [0.29, 0.717) is 0 Å². The van der Waals surface area contributed by atoms with Gasteiger partial charge in [0.15, 0.2) is 0 Å². The molecule has 2 rings (SSSR count). The van der Waals surface area contributed by atoms with E-state index in [2.05, 4.69) is 10.3 Å². The van der Waals surface area contributed by atoms with Crippen LogP contribution in [0, 0.1) is 6.92 Å². The number of carbonyl (C=O) groups is 2. The van der Waals surface area contributed by atoms with Crippen molar-refractivity contribution in [3.8, 4) is 0 Å². The fourth-order valence-electron chi connectivity index (χ4n) is 1.88. The minimum atomic E-state index is -1.17. The highest BCUT2D eigenvalue weighted by molar-refractivity contribution is 5.99. The fraction of sp³-hybridized carbons (Fsp3) is 0.143. The second-order valence-corrected chi connectivity index (χ2v) is 4.34. The first kappa shape index (κ1) is 15.5. The quantitative estimate of drug-likeness (QED) is 0.732. The summed E-state index contributed by atoms with van der Waals surface area (Å²) in [5, 5.41) is 12.3. The number of aliphatic carboxylic acids is 1. The van der Waals surface area contributed by atoms with Gasteiger partial charge in [-0.3, -0.25) is 4.79 Å². The molecule has 106 valence electrons. The molecule has 1 amide bonds. The van der Waals surface area contributed by atoms with E-state index in [1.54, 1.807) is 6.20 Å². The zero-order valence-corrected chi connectivity index (χ0v) is 11.2. The van der Waals surface area contributed by atoms with E-state index in [1.165, 1.54) is 13.0 Å². The summed E-state index contributed by atoms with van der Waals surface area (Å²) < 4.78 is 0. The summed E-state index contributed by atoms with van der Waals surface area (Å²) in [6, 6.07) is 5.85. The number of H-pyrrole nitrogens is 1. The van der Waals surface area contributed by atoms with Crippen molar-refractivity contribution in [2.45, 2.75) is 13.8 Å². The number of carboxylic acid groups (broad SMARTS) is 1. The number of fused-ring (bicyclic) bond motifs is 1. The number of amides is 1. The monoisotopic (exact) mass is 276 g/mol. The molecule has 5 N–H and O–H groups in total. The lowest BCUT2D eigenvalue weighted by Gasteiger charge is -2.02. The molecule has 0 radical (unpaired) electrons. The van der Waals surface area contributed by atoms with Crippen molar-refractivity contribution in [3.05, 3.63) is 41.2 Å². The molecule has 1 heterocycles. The fourth-order valence-corrected chi connectivity index (χ4v) is 1.88. The van der Waals surface area contributed by atoms with Gasteiger partial charge in [0.2, 0.25) is 5.91 Å². The summed E-state index contributed by atoms with van der Waals surface area (Å²) in [6.07, 6.45) is 3.16. The first-order valence-corrected chi connectivity index (χ1v) is 5.77. The third kappa shape index (κ3) is 3.24. The molecule has 20 heavy (non-hydrogen) atoms. The second-order valence-electron chi connectivity index (χ2n) is 4.34. The molecule has 0 unspecified atom stereocenters. The van der Waals surface area contributed by atoms with Crippen LogP contribution in [-0.4, -0.2) is 27.4 Å². The zero-order valence-electron chi connectivity index (χ0n) is 11.2. The number of nitrogens with one attached hydrogen (secondary N) is 2. The smallest absolute Gasteiger partial charge is 0.352 e. The minimum Gasteiger partial charge on any atom is -0.477 e. The Hall–Kier alpha value is -2.60. The molecule has 0 bridgehead atoms. The first-order valence-electron chi connectivity index (χ1n) is 5.77. The van der Waals surface area contributed by atoms with E-state index in [1.807, 2.05) is 25.1 Å². The van der Waals surface area contributed by atoms with Crippen molar-refractivity contribution in [3.63, 3.8) is 0 Å². The minimum absolute atomic E-state index is 0. The van der Waals surface area contributed by atoms with E-state index in [9.17, 15) is 9.59 Å². The molecule has 0 fully saturated rings. The number of aryl methyl sites for hydroxylation is 1. The van der Waals surface area contributed by atoms with Crippen molar-refractivity contribution < 1.29 is 20.2 Å². The molecule has 1 aromatic heterocycles. The van der Waals surface area contributed by atoms with Crippen molar-refractivity contribution in [2.24, 2.45) is 0 Å². The molecular weight excluding hydrogens is 260 g/mol. The molecule has 0 atom stereocenters. The van der Waals surface area contributed by atoms with Gasteiger partial charge in [0, 0.05) is 29.6 Å². The van der Waals surface area contributed by atoms with E-state index in [0.717, 1.165) is 22.0 Å². The first-order chi connectivity index (χ1) is 8.97. The predicted molar refractivity (Wildman–Crippen MR) is 76.1 cm³/mol. The van der Waals surface area contributed by atoms with Gasteiger partial charge in [0.25, 0.3) is 0 Å². The van der Waals surface area contributed by atoms with E-state index in [-0.39, 0.29) is 11.2 Å². The van der Waals surface area contributed by atoms with Gasteiger partial charge >= 0.3 is 5.97 Å². The maximum atomic E-state index is 11.1. The number of benzene rings is 1. The third-order valence-corrected chi connectivity index (χ3v) is 2.71. The number of rotatable bonds is 3. The zero-order chi connectivity index (χ0) is 14.0. The molecule has 6 heteroatoms. The van der Waals surface area contributed by atoms with Gasteiger partial charge in [0.05, 0.1) is 0 Å². The molecule has 0 aliphatic rings. The molecular formula is C14H16N2O4. The summed E-state index contributed by atoms with van der Waals surface area (Å²) in [6.45, 7) is 3.26. The van der Waals surface area contributed by atoms with Gasteiger partial charge < -0.3 is 20.9 Å². The van der Waals surface area contributed by atoms with Gasteiger partial charge in [0.1, 0.15) is 5.70 Å². The second kappa shape index (κ2) is 6.03. The van der Waals surface area contributed by atoms with Crippen molar-refractivity contribution in [2.75, 3.05) is 0 Å². The van der Waals surface area contributed by atoms with Crippen LogP contribution in [0.15, 0.2) is 30.1 Å². The molecule has 2 aromatic rings. The van der Waals surface area contributed by atoms with Gasteiger partial charge in [-0.25, -0.2) is 4.79 Å². The number of aromatic nitrogens is 1. The Balaban J connectivity index is 0.00000200. The Morgan fingerprint density at radius 2 is 2.05 bits per heavy atom. The summed E-state index contributed by atoms with van der Waals surface area (Å²) in [5.74, 6) is -1.58. The van der Waals surface area contributed by atoms with Crippen LogP contribution >= 0.6 is 0 Å². The average Bonchev–Trinajstić information content (AvgIpc) is 2.70. The summed E-state index contributed by atoms with van der Waals surface area (Å²) in [5.41, 5.74) is 2.62. The highest BCUT2D eigenvalue weighted by Gasteiger charge is 2.10. The molecule has 6 nitrogen and oxygen atoms in total. The molecule has 1 aromatic carbocycles. The third-order valence-electron chi connectivity index (χ3n) is 2.71. The van der Waals surface area contributed by atoms with Crippen molar-refractivity contribution >= 4 is 28.9 Å². The average molecular weight is 276 g/mol. The largest absolute Gasteiger partial charge is 0.477 e. The number of hydrogen-bond donors (Lipinski definition) is 3. The van der Waals surface area contributed by atoms with E-state index in [4.69, 9.17) is 5.11 Å². The van der Waals surface area contributed by atoms with Gasteiger partial charge in [-0.2, -0.15) is 0 Å². The van der Waals surface area contributed by atoms with Crippen LogP contribution in [0.5, 0.6) is 0 Å². The predicted octanol–water partition coefficient (Wildman–Crippen LogP) is 1.21. The normalized spacial score (nSPS) is 11.0. The van der Waals surface area contributed by atoms with Crippen molar-refractivity contribution in [1.29, 1.82) is 0 Å². The highest BCUT2D eigenvalue weighted by atomic mass is 16.4. The Kier molecular flexibility index (Phi) is 4.66. The molecule has 0 saturated heterocycles. The number of aromatic amines is 1. The van der Waals surface area contributed by atoms with Gasteiger partial charge in [-0.05, 0) is 24.6 Å². The Morgan fingerprint density at radius 3 is 2.65 bits per heavy atom. The maximum absolute atomic E-state index is 11.1. The van der Waals surface area contributed by atoms with E-state index >= 15 is 0 Å². The molecule has 0 aliphatic carbocycles. The molecule has 0 aliphatic heterocycles. The van der Waals surface area contributed by atoms with Crippen molar-refractivity contribution in [1.82, 2.24) is 10.3 Å². The Bertz CT molecular complexity index is 686. The van der Waals surface area contributed by atoms with Crippen LogP contribution in [0.3, 0.4) is 0 Å². The van der Waals surface area contributed by atoms with Crippen LogP contribution in [0.4, 0.5) is 0 Å². The van der Waals surface area contributed by atoms with Gasteiger partial charge in [-0.15, -0.1) is 0 Å². The summed E-state index contributed by atoms with van der Waals surface area (Å²) in [4.78, 5) is 25.1. The van der Waals surface area contributed by atoms with Gasteiger partial charge in [-0.1, -0.05) is 12.1 Å². The summed E-state index contributed by atoms with van der Waals surface area (Å²) in [7, 11) is 0. The van der Waals surface area contributed by atoms with E-state index < -0.39 is 11.9 Å². The standard InChI is InChI=1S/C14H14N2O3.H2O/c1-8-3-4-11-10(7-15-12(11)5-8)6-13(14(18)19)16-9(2)17;/h3-7,15H,1-2H3,(H,16,17)(H,18,19);1H2. The maximum Gasteiger partial charge on any atom is 0.352 e. The Labute approximate surface area is 115 Å². The SMILES string of the molecule is CC(=O)NC(=Cc1c[nH]c2cc(C)ccc12)C(=O)O.O. The lowest BCUT2D eigenvalue weighted by atomic mass is 10.1. The topological polar surface area (TPSA) is 114 Å². The number of hydrogen-bond acceptors (Lipinski definition) is 2. The lowest BCUT2D eigenvalue weighted by molar-refractivity contribution is -0.134. The van der Waals surface area contributed by atoms with Crippen LogP contribution in [0.1, 0.15) is 18.1 Å². The van der Waals surface area contributed by atoms with Crippen LogP contribution in [0.25, 0.3) is 17.0 Å². The Morgan fingerprint density at radius 1 is 1.35 bits per heavy atom. The van der Waals surface area contributed by atoms with Crippen LogP contribution < -0.4 is 5.32 Å². The lowest BCUT2D eigenvalue weighted by Crippen LogP contribution is -2.24. The number of carbonyl (C=O) groups excluding carboxylic acids is 1. The highest BCUT2D eigenvalue weighted by Crippen LogP contribution is 2.21. The summed E-state index contributed by atoms with van der Waals surface area (Å²) >= 11 is 0. The molecule has 0 saturated carbocycles. The molecule has 0 spiro atoms. The van der Waals surface area contributed by atoms with Crippen LogP contribution in [-0.2, 0) is 9.59 Å². The van der Waals surface area contributed by atoms with Crippen LogP contribution in [0.2, 0.25) is 0 Å². The number of carboxylic acids is 1.